The SMILES string of the molecule is CCCCCNC(=O)C(c1c(C)cccc1C)N(C(=O)C(C)NC(=O)OC(C)(C)C)C1CCC1. The number of carbonyl (C=O) groups is 3. The number of nitrogens with one attached hydrogen (secondary N) is 2. The van der Waals surface area contributed by atoms with Gasteiger partial charge in [0.1, 0.15) is 17.7 Å². The molecule has 2 unspecified atom stereocenters. The summed E-state index contributed by atoms with van der Waals surface area (Å²) in [6.07, 6.45) is 5.06. The summed E-state index contributed by atoms with van der Waals surface area (Å²) in [5.74, 6) is -0.440. The molecule has 3 amide bonds. The summed E-state index contributed by atoms with van der Waals surface area (Å²) in [7, 11) is 0. The molecule has 2 N–H and O–H groups in total. The standard InChI is InChI=1S/C27H43N3O4/c1-8-9-10-17-28-24(31)23(22-18(2)13-11-14-19(22)3)30(21-15-12-16-21)25(32)20(4)29-26(33)34-27(5,6)7/h11,13-14,20-21,23H,8-10,12,15-17H2,1-7H3,(H,28,31)(H,29,33). The largest absolute Gasteiger partial charge is 0.444 e. The van der Waals surface area contributed by atoms with Crippen LogP contribution >= 0.6 is 0 Å². The highest BCUT2D eigenvalue weighted by Gasteiger charge is 2.41. The van der Waals surface area contributed by atoms with Crippen molar-refractivity contribution in [1.82, 2.24) is 15.5 Å². The van der Waals surface area contributed by atoms with Crippen molar-refractivity contribution in [2.45, 2.75) is 111 Å². The fraction of sp³-hybridized carbons (Fsp3) is 0.667. The predicted octanol–water partition coefficient (Wildman–Crippen LogP) is 4.95. The first-order valence-electron chi connectivity index (χ1n) is 12.6. The van der Waals surface area contributed by atoms with Gasteiger partial charge in [0.2, 0.25) is 11.8 Å². The molecule has 2 atom stereocenters. The van der Waals surface area contributed by atoms with E-state index in [1.54, 1.807) is 32.6 Å². The highest BCUT2D eigenvalue weighted by Crippen LogP contribution is 2.36. The second-order valence-electron chi connectivity index (χ2n) is 10.4. The normalized spacial score (nSPS) is 15.6. The van der Waals surface area contributed by atoms with Crippen molar-refractivity contribution in [2.24, 2.45) is 0 Å². The van der Waals surface area contributed by atoms with Gasteiger partial charge in [0.15, 0.2) is 0 Å². The Hall–Kier alpha value is -2.57. The van der Waals surface area contributed by atoms with E-state index in [-0.39, 0.29) is 17.9 Å². The van der Waals surface area contributed by atoms with E-state index in [9.17, 15) is 14.4 Å². The minimum Gasteiger partial charge on any atom is -0.444 e. The van der Waals surface area contributed by atoms with Gasteiger partial charge in [0.25, 0.3) is 0 Å². The summed E-state index contributed by atoms with van der Waals surface area (Å²) in [6, 6.07) is 4.31. The Labute approximate surface area is 205 Å². The lowest BCUT2D eigenvalue weighted by molar-refractivity contribution is -0.147. The van der Waals surface area contributed by atoms with Gasteiger partial charge in [-0.3, -0.25) is 9.59 Å². The highest BCUT2D eigenvalue weighted by molar-refractivity contribution is 5.92. The molecule has 1 fully saturated rings. The second-order valence-corrected chi connectivity index (χ2v) is 10.4. The molecule has 1 aliphatic carbocycles. The van der Waals surface area contributed by atoms with E-state index < -0.39 is 23.8 Å². The van der Waals surface area contributed by atoms with Gasteiger partial charge in [-0.25, -0.2) is 4.79 Å². The zero-order chi connectivity index (χ0) is 25.5. The molecule has 1 saturated carbocycles. The number of nitrogens with zero attached hydrogens (tertiary/aromatic N) is 1. The third-order valence-corrected chi connectivity index (χ3v) is 6.25. The maximum Gasteiger partial charge on any atom is 0.408 e. The van der Waals surface area contributed by atoms with Crippen LogP contribution in [0.25, 0.3) is 0 Å². The third-order valence-electron chi connectivity index (χ3n) is 6.25. The molecule has 0 aromatic heterocycles. The molecule has 0 spiro atoms. The van der Waals surface area contributed by atoms with E-state index in [1.165, 1.54) is 0 Å². The molecule has 0 bridgehead atoms. The minimum atomic E-state index is -0.824. The van der Waals surface area contributed by atoms with Crippen LogP contribution in [0.1, 0.15) is 95.9 Å². The van der Waals surface area contributed by atoms with Gasteiger partial charge in [-0.1, -0.05) is 38.0 Å². The van der Waals surface area contributed by atoms with Gasteiger partial charge >= 0.3 is 6.09 Å². The molecule has 0 heterocycles. The van der Waals surface area contributed by atoms with Crippen molar-refractivity contribution >= 4 is 17.9 Å². The summed E-state index contributed by atoms with van der Waals surface area (Å²) in [6.45, 7) is 13.6. The summed E-state index contributed by atoms with van der Waals surface area (Å²) in [5.41, 5.74) is 2.14. The summed E-state index contributed by atoms with van der Waals surface area (Å²) >= 11 is 0. The van der Waals surface area contributed by atoms with Crippen LogP contribution < -0.4 is 10.6 Å². The maximum atomic E-state index is 13.8. The molecular weight excluding hydrogens is 430 g/mol. The topological polar surface area (TPSA) is 87.7 Å². The van der Waals surface area contributed by atoms with Crippen molar-refractivity contribution in [3.05, 3.63) is 34.9 Å². The predicted molar refractivity (Wildman–Crippen MR) is 135 cm³/mol. The molecule has 7 nitrogen and oxygen atoms in total. The zero-order valence-electron chi connectivity index (χ0n) is 22.0. The number of carbonyl (C=O) groups excluding carboxylic acids is 3. The Bertz CT molecular complexity index is 838. The maximum absolute atomic E-state index is 13.8. The minimum absolute atomic E-state index is 0.0409. The van der Waals surface area contributed by atoms with E-state index in [0.717, 1.165) is 55.2 Å². The van der Waals surface area contributed by atoms with Crippen LogP contribution in [0.3, 0.4) is 0 Å². The average molecular weight is 474 g/mol. The monoisotopic (exact) mass is 473 g/mol. The van der Waals surface area contributed by atoms with Crippen LogP contribution in [0.15, 0.2) is 18.2 Å². The van der Waals surface area contributed by atoms with E-state index in [2.05, 4.69) is 17.6 Å². The van der Waals surface area contributed by atoms with Crippen LogP contribution in [0.5, 0.6) is 0 Å². The third kappa shape index (κ3) is 7.47. The Morgan fingerprint density at radius 3 is 2.24 bits per heavy atom. The number of unbranched alkanes of at least 4 members (excludes halogenated alkanes) is 2. The number of hydrogen-bond donors (Lipinski definition) is 2. The van der Waals surface area contributed by atoms with Gasteiger partial charge in [0.05, 0.1) is 0 Å². The first-order valence-corrected chi connectivity index (χ1v) is 12.6. The number of benzene rings is 1. The molecule has 7 heteroatoms. The van der Waals surface area contributed by atoms with Crippen molar-refractivity contribution in [3.8, 4) is 0 Å². The smallest absolute Gasteiger partial charge is 0.408 e. The fourth-order valence-corrected chi connectivity index (χ4v) is 4.29. The van der Waals surface area contributed by atoms with Crippen LogP contribution in [0, 0.1) is 13.8 Å². The highest BCUT2D eigenvalue weighted by atomic mass is 16.6. The van der Waals surface area contributed by atoms with Crippen molar-refractivity contribution < 1.29 is 19.1 Å². The number of alkyl carbamates (subject to hydrolysis) is 1. The Morgan fingerprint density at radius 2 is 1.74 bits per heavy atom. The first kappa shape index (κ1) is 27.7. The molecule has 190 valence electrons. The van der Waals surface area contributed by atoms with E-state index in [4.69, 9.17) is 4.74 Å². The van der Waals surface area contributed by atoms with E-state index in [0.29, 0.717) is 6.54 Å². The Balaban J connectivity index is 2.38. The van der Waals surface area contributed by atoms with Gasteiger partial charge < -0.3 is 20.3 Å². The molecule has 1 aromatic carbocycles. The zero-order valence-corrected chi connectivity index (χ0v) is 22.0. The lowest BCUT2D eigenvalue weighted by atomic mass is 9.86. The van der Waals surface area contributed by atoms with Crippen molar-refractivity contribution in [1.29, 1.82) is 0 Å². The van der Waals surface area contributed by atoms with Crippen LogP contribution in [-0.4, -0.2) is 47.0 Å². The van der Waals surface area contributed by atoms with Gasteiger partial charge in [-0.2, -0.15) is 0 Å². The summed E-state index contributed by atoms with van der Waals surface area (Å²) in [4.78, 5) is 41.5. The summed E-state index contributed by atoms with van der Waals surface area (Å²) < 4.78 is 5.35. The van der Waals surface area contributed by atoms with Crippen LogP contribution in [-0.2, 0) is 14.3 Å². The quantitative estimate of drug-likeness (QED) is 0.471. The van der Waals surface area contributed by atoms with Gasteiger partial charge in [0, 0.05) is 12.6 Å². The lowest BCUT2D eigenvalue weighted by Crippen LogP contribution is -2.57. The molecule has 34 heavy (non-hydrogen) atoms. The van der Waals surface area contributed by atoms with Crippen LogP contribution in [0.4, 0.5) is 4.79 Å². The number of amides is 3. The number of aryl methyl sites for hydroxylation is 2. The number of ether oxygens (including phenoxy) is 1. The van der Waals surface area contributed by atoms with Gasteiger partial charge in [-0.15, -0.1) is 0 Å². The number of hydrogen-bond acceptors (Lipinski definition) is 4. The Morgan fingerprint density at radius 1 is 1.12 bits per heavy atom. The molecule has 0 saturated heterocycles. The molecule has 0 aliphatic heterocycles. The molecule has 1 aromatic rings. The molecular formula is C27H43N3O4. The Kier molecular flexibility index (Phi) is 9.95. The number of rotatable bonds is 10. The lowest BCUT2D eigenvalue weighted by Gasteiger charge is -2.44. The molecule has 2 rings (SSSR count). The molecule has 0 radical (unpaired) electrons. The fourth-order valence-electron chi connectivity index (χ4n) is 4.29. The molecule has 1 aliphatic rings. The average Bonchev–Trinajstić information content (AvgIpc) is 2.69. The van der Waals surface area contributed by atoms with Crippen molar-refractivity contribution in [2.75, 3.05) is 6.54 Å². The first-order chi connectivity index (χ1) is 16.0. The second kappa shape index (κ2) is 12.2. The van der Waals surface area contributed by atoms with E-state index in [1.807, 2.05) is 32.0 Å². The van der Waals surface area contributed by atoms with Gasteiger partial charge in [-0.05, 0) is 83.9 Å². The summed E-state index contributed by atoms with van der Waals surface area (Å²) in [5, 5.41) is 5.74. The van der Waals surface area contributed by atoms with Crippen LogP contribution in [0.2, 0.25) is 0 Å². The van der Waals surface area contributed by atoms with Crippen molar-refractivity contribution in [3.63, 3.8) is 0 Å². The van der Waals surface area contributed by atoms with E-state index >= 15 is 0 Å².